The molecule has 1 aliphatic carbocycles. The molecule has 0 spiro atoms. The van der Waals surface area contributed by atoms with Gasteiger partial charge in [-0.2, -0.15) is 5.10 Å². The number of fused-ring (bicyclic) bond motifs is 4. The van der Waals surface area contributed by atoms with Gasteiger partial charge in [0.1, 0.15) is 5.75 Å². The van der Waals surface area contributed by atoms with E-state index in [2.05, 4.69) is 27.8 Å². The fourth-order valence-electron chi connectivity index (χ4n) is 4.78. The van der Waals surface area contributed by atoms with Crippen molar-refractivity contribution in [2.24, 2.45) is 5.92 Å². The van der Waals surface area contributed by atoms with Crippen LogP contribution in [0.3, 0.4) is 0 Å². The third-order valence-electron chi connectivity index (χ3n) is 6.11. The number of nitrogens with zero attached hydrogens (tertiary/aromatic N) is 3. The molecule has 122 valence electrons. The molecule has 4 nitrogen and oxygen atoms in total. The molecule has 1 saturated carbocycles. The summed E-state index contributed by atoms with van der Waals surface area (Å²) in [5.41, 5.74) is 1.27. The Balaban J connectivity index is 1.42. The Kier molecular flexibility index (Phi) is 3.32. The Morgan fingerprint density at radius 3 is 2.61 bits per heavy atom. The van der Waals surface area contributed by atoms with Gasteiger partial charge in [0.15, 0.2) is 0 Å². The summed E-state index contributed by atoms with van der Waals surface area (Å²) in [4.78, 5) is 2.59. The predicted molar refractivity (Wildman–Crippen MR) is 90.8 cm³/mol. The Labute approximate surface area is 137 Å². The fourth-order valence-corrected chi connectivity index (χ4v) is 4.78. The zero-order chi connectivity index (χ0) is 15.2. The van der Waals surface area contributed by atoms with E-state index in [1.165, 1.54) is 69.1 Å². The average molecular weight is 311 g/mol. The van der Waals surface area contributed by atoms with Crippen LogP contribution in [0.4, 0.5) is 0 Å². The summed E-state index contributed by atoms with van der Waals surface area (Å²) in [5, 5.41) is 5.96. The Morgan fingerprint density at radius 2 is 1.87 bits per heavy atom. The van der Waals surface area contributed by atoms with Crippen molar-refractivity contribution in [1.29, 1.82) is 0 Å². The summed E-state index contributed by atoms with van der Waals surface area (Å²) in [6, 6.07) is 7.08. The van der Waals surface area contributed by atoms with Crippen LogP contribution in [0.1, 0.15) is 44.6 Å². The van der Waals surface area contributed by atoms with E-state index in [0.717, 1.165) is 11.7 Å². The van der Waals surface area contributed by atoms with E-state index in [-0.39, 0.29) is 0 Å². The van der Waals surface area contributed by atoms with Gasteiger partial charge in [-0.15, -0.1) is 0 Å². The van der Waals surface area contributed by atoms with Gasteiger partial charge in [-0.25, -0.2) is 0 Å². The van der Waals surface area contributed by atoms with E-state index in [0.29, 0.717) is 12.1 Å². The number of ether oxygens (including phenoxy) is 1. The number of piperidine rings is 3. The molecule has 23 heavy (non-hydrogen) atoms. The van der Waals surface area contributed by atoms with Crippen molar-refractivity contribution in [1.82, 2.24) is 14.7 Å². The van der Waals surface area contributed by atoms with Crippen LogP contribution in [0.2, 0.25) is 0 Å². The minimum atomic E-state index is 0.421. The Hall–Kier alpha value is -1.55. The number of hydrogen-bond donors (Lipinski definition) is 0. The Morgan fingerprint density at radius 1 is 1.04 bits per heavy atom. The summed E-state index contributed by atoms with van der Waals surface area (Å²) in [5.74, 6) is 1.82. The first-order valence-electron chi connectivity index (χ1n) is 9.23. The van der Waals surface area contributed by atoms with Gasteiger partial charge in [0.25, 0.3) is 0 Å². The normalized spacial score (nSPS) is 31.0. The zero-order valence-corrected chi connectivity index (χ0v) is 13.7. The van der Waals surface area contributed by atoms with Gasteiger partial charge in [-0.05, 0) is 75.7 Å². The highest BCUT2D eigenvalue weighted by Crippen LogP contribution is 2.37. The highest BCUT2D eigenvalue weighted by molar-refractivity contribution is 5.80. The lowest BCUT2D eigenvalue weighted by Gasteiger charge is -2.44. The van der Waals surface area contributed by atoms with Gasteiger partial charge in [-0.1, -0.05) is 0 Å². The largest absolute Gasteiger partial charge is 0.490 e. The molecular formula is C19H25N3O. The van der Waals surface area contributed by atoms with Crippen LogP contribution < -0.4 is 4.74 Å². The second-order valence-electron chi connectivity index (χ2n) is 7.54. The lowest BCUT2D eigenvalue weighted by atomic mass is 9.84. The molecule has 1 aromatic heterocycles. The maximum absolute atomic E-state index is 6.14. The second-order valence-corrected chi connectivity index (χ2v) is 7.54. The molecule has 1 atom stereocenters. The molecule has 6 rings (SSSR count). The molecule has 4 heteroatoms. The van der Waals surface area contributed by atoms with E-state index in [1.807, 2.05) is 6.20 Å². The zero-order valence-electron chi connectivity index (χ0n) is 13.7. The van der Waals surface area contributed by atoms with Crippen LogP contribution in [0.5, 0.6) is 5.75 Å². The number of aromatic nitrogens is 2. The molecule has 0 unspecified atom stereocenters. The van der Waals surface area contributed by atoms with Crippen LogP contribution in [0, 0.1) is 5.92 Å². The number of benzene rings is 1. The molecule has 2 aromatic rings. The summed E-state index contributed by atoms with van der Waals surface area (Å²) in [6.45, 7) is 3.72. The summed E-state index contributed by atoms with van der Waals surface area (Å²) < 4.78 is 8.42. The van der Waals surface area contributed by atoms with E-state index in [4.69, 9.17) is 9.84 Å². The van der Waals surface area contributed by atoms with E-state index in [9.17, 15) is 0 Å². The third-order valence-corrected chi connectivity index (χ3v) is 6.11. The van der Waals surface area contributed by atoms with Gasteiger partial charge in [0, 0.05) is 11.9 Å². The van der Waals surface area contributed by atoms with Crippen molar-refractivity contribution in [2.75, 3.05) is 19.6 Å². The molecule has 2 bridgehead atoms. The van der Waals surface area contributed by atoms with Crippen molar-refractivity contribution >= 4 is 10.9 Å². The molecule has 4 fully saturated rings. The van der Waals surface area contributed by atoms with Crippen molar-refractivity contribution < 1.29 is 4.74 Å². The minimum Gasteiger partial charge on any atom is -0.490 e. The van der Waals surface area contributed by atoms with Gasteiger partial charge < -0.3 is 9.64 Å². The summed E-state index contributed by atoms with van der Waals surface area (Å²) in [7, 11) is 0. The highest BCUT2D eigenvalue weighted by atomic mass is 16.5. The smallest absolute Gasteiger partial charge is 0.120 e. The maximum atomic E-state index is 6.14. The first kappa shape index (κ1) is 13.8. The van der Waals surface area contributed by atoms with Crippen molar-refractivity contribution in [3.63, 3.8) is 0 Å². The minimum absolute atomic E-state index is 0.421. The monoisotopic (exact) mass is 311 g/mol. The first-order chi connectivity index (χ1) is 11.4. The van der Waals surface area contributed by atoms with Gasteiger partial charge in [-0.3, -0.25) is 4.68 Å². The van der Waals surface area contributed by atoms with Crippen LogP contribution in [0.15, 0.2) is 24.4 Å². The molecule has 0 radical (unpaired) electrons. The van der Waals surface area contributed by atoms with Crippen molar-refractivity contribution in [2.45, 2.75) is 50.7 Å². The van der Waals surface area contributed by atoms with Crippen molar-refractivity contribution in [3.8, 4) is 5.75 Å². The van der Waals surface area contributed by atoms with E-state index >= 15 is 0 Å². The number of rotatable bonds is 3. The van der Waals surface area contributed by atoms with E-state index < -0.39 is 0 Å². The van der Waals surface area contributed by atoms with Crippen LogP contribution in [0.25, 0.3) is 10.9 Å². The summed E-state index contributed by atoms with van der Waals surface area (Å²) in [6.07, 6.45) is 10.1. The fraction of sp³-hybridized carbons (Fsp3) is 0.632. The quantitative estimate of drug-likeness (QED) is 0.867. The lowest BCUT2D eigenvalue weighted by molar-refractivity contribution is 0.0534. The average Bonchev–Trinajstić information content (AvgIpc) is 3.25. The molecule has 3 aliphatic heterocycles. The van der Waals surface area contributed by atoms with E-state index in [1.54, 1.807) is 0 Å². The standard InChI is InChI=1S/C19H25N3O/c1-2-4-16(3-1)23-17-5-6-18-15(11-17)12-20-22(18)19-13-21-9-7-14(19)8-10-21/h5-6,11-12,14,16,19H,1-4,7-10,13H2/t19-/m1/s1. The predicted octanol–water partition coefficient (Wildman–Crippen LogP) is 3.62. The summed E-state index contributed by atoms with van der Waals surface area (Å²) >= 11 is 0. The molecule has 0 amide bonds. The van der Waals surface area contributed by atoms with Crippen molar-refractivity contribution in [3.05, 3.63) is 24.4 Å². The highest BCUT2D eigenvalue weighted by Gasteiger charge is 2.36. The molecule has 3 saturated heterocycles. The van der Waals surface area contributed by atoms with Crippen LogP contribution in [-0.2, 0) is 0 Å². The van der Waals surface area contributed by atoms with Gasteiger partial charge in [0.2, 0.25) is 0 Å². The SMILES string of the molecule is c1cc2c(cnn2[C@@H]2CN3CCC2CC3)cc1OC1CCCC1. The van der Waals surface area contributed by atoms with Gasteiger partial charge in [0.05, 0.1) is 23.9 Å². The molecule has 4 heterocycles. The molecular weight excluding hydrogens is 286 g/mol. The first-order valence-corrected chi connectivity index (χ1v) is 9.23. The second kappa shape index (κ2) is 5.52. The molecule has 0 N–H and O–H groups in total. The van der Waals surface area contributed by atoms with Crippen LogP contribution >= 0.6 is 0 Å². The lowest BCUT2D eigenvalue weighted by Crippen LogP contribution is -2.48. The molecule has 1 aromatic carbocycles. The van der Waals surface area contributed by atoms with Crippen LogP contribution in [-0.4, -0.2) is 40.4 Å². The topological polar surface area (TPSA) is 30.3 Å². The third kappa shape index (κ3) is 2.44. The maximum Gasteiger partial charge on any atom is 0.120 e. The number of hydrogen-bond acceptors (Lipinski definition) is 3. The Bertz CT molecular complexity index is 696. The molecule has 4 aliphatic rings. The van der Waals surface area contributed by atoms with Gasteiger partial charge >= 0.3 is 0 Å².